The van der Waals surface area contributed by atoms with E-state index in [4.69, 9.17) is 5.73 Å². The van der Waals surface area contributed by atoms with Gasteiger partial charge in [0.1, 0.15) is 5.00 Å². The Kier molecular flexibility index (Phi) is 4.10. The molecule has 0 radical (unpaired) electrons. The van der Waals surface area contributed by atoms with Gasteiger partial charge < -0.3 is 5.73 Å². The molecular formula is C13H14N2O3S2. The summed E-state index contributed by atoms with van der Waals surface area (Å²) >= 11 is 1.22. The van der Waals surface area contributed by atoms with E-state index in [1.54, 1.807) is 24.3 Å². The van der Waals surface area contributed by atoms with Gasteiger partial charge in [0, 0.05) is 4.88 Å². The van der Waals surface area contributed by atoms with Crippen LogP contribution in [0.2, 0.25) is 0 Å². The minimum absolute atomic E-state index is 0.141. The maximum Gasteiger partial charge on any atom is 0.262 e. The molecule has 0 bridgehead atoms. The Morgan fingerprint density at radius 2 is 1.95 bits per heavy atom. The van der Waals surface area contributed by atoms with Crippen LogP contribution in [-0.2, 0) is 16.4 Å². The number of nitrogens with one attached hydrogen (secondary N) is 1. The Balaban J connectivity index is 2.39. The molecule has 0 fully saturated rings. The predicted octanol–water partition coefficient (Wildman–Crippen LogP) is 2.21. The van der Waals surface area contributed by atoms with Crippen molar-refractivity contribution in [3.63, 3.8) is 0 Å². The van der Waals surface area contributed by atoms with Crippen molar-refractivity contribution in [1.82, 2.24) is 0 Å². The van der Waals surface area contributed by atoms with Gasteiger partial charge in [-0.25, -0.2) is 8.42 Å². The first kappa shape index (κ1) is 14.5. The molecule has 7 heteroatoms. The van der Waals surface area contributed by atoms with Crippen LogP contribution in [-0.4, -0.2) is 14.3 Å². The molecule has 3 N–H and O–H groups in total. The van der Waals surface area contributed by atoms with Gasteiger partial charge in [-0.05, 0) is 24.6 Å². The van der Waals surface area contributed by atoms with E-state index in [1.807, 2.05) is 6.92 Å². The summed E-state index contributed by atoms with van der Waals surface area (Å²) in [4.78, 5) is 12.4. The number of hydrogen-bond acceptors (Lipinski definition) is 4. The van der Waals surface area contributed by atoms with Crippen molar-refractivity contribution in [3.8, 4) is 0 Å². The van der Waals surface area contributed by atoms with Gasteiger partial charge in [0.25, 0.3) is 15.9 Å². The van der Waals surface area contributed by atoms with Crippen LogP contribution < -0.4 is 10.5 Å². The van der Waals surface area contributed by atoms with E-state index in [9.17, 15) is 13.2 Å². The fraction of sp³-hybridized carbons (Fsp3) is 0.154. The number of carbonyl (C=O) groups excluding carboxylic acids is 1. The highest BCUT2D eigenvalue weighted by molar-refractivity contribution is 7.93. The lowest BCUT2D eigenvalue weighted by molar-refractivity contribution is 0.100. The second-order valence-electron chi connectivity index (χ2n) is 4.09. The summed E-state index contributed by atoms with van der Waals surface area (Å²) in [6, 6.07) is 9.59. The zero-order chi connectivity index (χ0) is 14.8. The van der Waals surface area contributed by atoms with Crippen LogP contribution in [0.25, 0.3) is 0 Å². The lowest BCUT2D eigenvalue weighted by Gasteiger charge is -2.07. The normalized spacial score (nSPS) is 11.2. The topological polar surface area (TPSA) is 89.3 Å². The van der Waals surface area contributed by atoms with E-state index in [2.05, 4.69) is 4.72 Å². The van der Waals surface area contributed by atoms with E-state index in [0.717, 1.165) is 4.88 Å². The monoisotopic (exact) mass is 310 g/mol. The van der Waals surface area contributed by atoms with E-state index in [1.165, 1.54) is 23.5 Å². The van der Waals surface area contributed by atoms with Gasteiger partial charge in [-0.1, -0.05) is 25.1 Å². The summed E-state index contributed by atoms with van der Waals surface area (Å²) in [5, 5.41) is 0.262. The molecule has 0 aliphatic carbocycles. The number of carbonyl (C=O) groups is 1. The third-order valence-electron chi connectivity index (χ3n) is 2.68. The molecule has 0 atom stereocenters. The molecule has 0 saturated heterocycles. The molecule has 0 aliphatic rings. The number of nitrogens with two attached hydrogens (primary N) is 1. The van der Waals surface area contributed by atoms with Crippen LogP contribution in [0.4, 0.5) is 5.00 Å². The molecule has 2 rings (SSSR count). The Labute approximate surface area is 121 Å². The smallest absolute Gasteiger partial charge is 0.262 e. The number of primary amides is 1. The maximum absolute atomic E-state index is 12.2. The van der Waals surface area contributed by atoms with Crippen LogP contribution in [0.5, 0.6) is 0 Å². The summed E-state index contributed by atoms with van der Waals surface area (Å²) in [7, 11) is -3.71. The Hall–Kier alpha value is -1.86. The van der Waals surface area contributed by atoms with Gasteiger partial charge in [0.15, 0.2) is 0 Å². The average molecular weight is 310 g/mol. The number of thiophene rings is 1. The van der Waals surface area contributed by atoms with Gasteiger partial charge >= 0.3 is 0 Å². The van der Waals surface area contributed by atoms with E-state index >= 15 is 0 Å². The van der Waals surface area contributed by atoms with E-state index < -0.39 is 15.9 Å². The lowest BCUT2D eigenvalue weighted by Crippen LogP contribution is -2.16. The number of aryl methyl sites for hydroxylation is 1. The van der Waals surface area contributed by atoms with Gasteiger partial charge in [0.2, 0.25) is 0 Å². The number of anilines is 1. The highest BCUT2D eigenvalue weighted by Crippen LogP contribution is 2.30. The van der Waals surface area contributed by atoms with E-state index in [0.29, 0.717) is 6.42 Å². The van der Waals surface area contributed by atoms with Crippen molar-refractivity contribution >= 4 is 32.3 Å². The van der Waals surface area contributed by atoms with Crippen LogP contribution >= 0.6 is 11.3 Å². The van der Waals surface area contributed by atoms with Crippen molar-refractivity contribution in [3.05, 3.63) is 46.8 Å². The third-order valence-corrected chi connectivity index (χ3v) is 5.37. The summed E-state index contributed by atoms with van der Waals surface area (Å²) in [6.07, 6.45) is 0.706. The average Bonchev–Trinajstić information content (AvgIpc) is 2.82. The first-order valence-electron chi connectivity index (χ1n) is 5.94. The molecule has 0 saturated carbocycles. The predicted molar refractivity (Wildman–Crippen MR) is 79.5 cm³/mol. The number of benzene rings is 1. The minimum Gasteiger partial charge on any atom is -0.366 e. The standard InChI is InChI=1S/C13H14N2O3S2/c1-2-9-8-11(12(14)16)13(19-9)15-20(17,18)10-6-4-3-5-7-10/h3-8,15H,2H2,1H3,(H2,14,16). The Morgan fingerprint density at radius 1 is 1.30 bits per heavy atom. The van der Waals surface area contributed by atoms with Gasteiger partial charge in [-0.3, -0.25) is 9.52 Å². The molecule has 1 aromatic heterocycles. The highest BCUT2D eigenvalue weighted by atomic mass is 32.2. The number of rotatable bonds is 5. The largest absolute Gasteiger partial charge is 0.366 e. The SMILES string of the molecule is CCc1cc(C(N)=O)c(NS(=O)(=O)c2ccccc2)s1. The zero-order valence-electron chi connectivity index (χ0n) is 10.8. The molecule has 1 aromatic carbocycles. The van der Waals surface area contributed by atoms with E-state index in [-0.39, 0.29) is 15.5 Å². The quantitative estimate of drug-likeness (QED) is 0.887. The van der Waals surface area contributed by atoms with Crippen LogP contribution in [0.15, 0.2) is 41.3 Å². The second-order valence-corrected chi connectivity index (χ2v) is 6.91. The van der Waals surface area contributed by atoms with Crippen molar-refractivity contribution < 1.29 is 13.2 Å². The molecule has 1 heterocycles. The van der Waals surface area contributed by atoms with Gasteiger partial charge in [-0.2, -0.15) is 0 Å². The highest BCUT2D eigenvalue weighted by Gasteiger charge is 2.20. The summed E-state index contributed by atoms with van der Waals surface area (Å²) in [5.41, 5.74) is 5.47. The van der Waals surface area contributed by atoms with Crippen LogP contribution in [0.3, 0.4) is 0 Å². The maximum atomic E-state index is 12.2. The van der Waals surface area contributed by atoms with Crippen molar-refractivity contribution in [2.75, 3.05) is 4.72 Å². The molecule has 20 heavy (non-hydrogen) atoms. The molecule has 1 amide bonds. The van der Waals surface area contributed by atoms with Gasteiger partial charge in [0.05, 0.1) is 10.5 Å². The third kappa shape index (κ3) is 3.00. The molecule has 5 nitrogen and oxygen atoms in total. The van der Waals surface area contributed by atoms with Crippen LogP contribution in [0.1, 0.15) is 22.2 Å². The molecule has 0 aliphatic heterocycles. The number of sulfonamides is 1. The summed E-state index contributed by atoms with van der Waals surface area (Å²) in [5.74, 6) is -0.647. The first-order chi connectivity index (χ1) is 9.44. The molecular weight excluding hydrogens is 296 g/mol. The first-order valence-corrected chi connectivity index (χ1v) is 8.24. The molecule has 2 aromatic rings. The number of amides is 1. The molecule has 0 unspecified atom stereocenters. The fourth-order valence-electron chi connectivity index (χ4n) is 1.66. The molecule has 0 spiro atoms. The Morgan fingerprint density at radius 3 is 2.50 bits per heavy atom. The van der Waals surface area contributed by atoms with Gasteiger partial charge in [-0.15, -0.1) is 11.3 Å². The summed E-state index contributed by atoms with van der Waals surface area (Å²) in [6.45, 7) is 1.92. The van der Waals surface area contributed by atoms with Crippen molar-refractivity contribution in [1.29, 1.82) is 0 Å². The fourth-order valence-corrected chi connectivity index (χ4v) is 3.99. The van der Waals surface area contributed by atoms with Crippen molar-refractivity contribution in [2.24, 2.45) is 5.73 Å². The Bertz CT molecular complexity index is 721. The number of hydrogen-bond donors (Lipinski definition) is 2. The summed E-state index contributed by atoms with van der Waals surface area (Å²) < 4.78 is 26.9. The second kappa shape index (κ2) is 5.64. The van der Waals surface area contributed by atoms with Crippen LogP contribution in [0, 0.1) is 0 Å². The molecule has 106 valence electrons. The zero-order valence-corrected chi connectivity index (χ0v) is 12.4. The lowest BCUT2D eigenvalue weighted by atomic mass is 10.2. The minimum atomic E-state index is -3.71. The van der Waals surface area contributed by atoms with Crippen molar-refractivity contribution in [2.45, 2.75) is 18.2 Å².